The van der Waals surface area contributed by atoms with Crippen LogP contribution in [0.3, 0.4) is 0 Å². The number of thiophene rings is 1. The van der Waals surface area contributed by atoms with Gasteiger partial charge in [-0.15, -0.1) is 11.3 Å². The fraction of sp³-hybridized carbons (Fsp3) is 0.222. The summed E-state index contributed by atoms with van der Waals surface area (Å²) in [5.74, 6) is 4.85. The second-order valence-electron chi connectivity index (χ2n) is 4.83. The lowest BCUT2D eigenvalue weighted by Gasteiger charge is -2.16. The van der Waals surface area contributed by atoms with Gasteiger partial charge in [-0.1, -0.05) is 36.1 Å². The van der Waals surface area contributed by atoms with E-state index >= 15 is 0 Å². The van der Waals surface area contributed by atoms with Crippen LogP contribution in [0.25, 0.3) is 0 Å². The van der Waals surface area contributed by atoms with Crippen molar-refractivity contribution in [1.82, 2.24) is 0 Å². The number of carbonyl (C=O) groups excluding carboxylic acids is 2. The average Bonchev–Trinajstić information content (AvgIpc) is 2.97. The van der Waals surface area contributed by atoms with Gasteiger partial charge in [0.15, 0.2) is 0 Å². The van der Waals surface area contributed by atoms with E-state index < -0.39 is 5.92 Å². The summed E-state index contributed by atoms with van der Waals surface area (Å²) in [6.45, 7) is 2.91. The van der Waals surface area contributed by atoms with E-state index in [4.69, 9.17) is 0 Å². The first kappa shape index (κ1) is 15.2. The highest BCUT2D eigenvalue weighted by molar-refractivity contribution is 7.10. The van der Waals surface area contributed by atoms with Crippen LogP contribution in [0, 0.1) is 17.8 Å². The molecule has 1 heterocycles. The molecule has 106 valence electrons. The van der Waals surface area contributed by atoms with E-state index in [1.54, 1.807) is 0 Å². The number of rotatable bonds is 4. The Morgan fingerprint density at radius 3 is 2.19 bits per heavy atom. The van der Waals surface area contributed by atoms with Gasteiger partial charge < -0.3 is 0 Å². The van der Waals surface area contributed by atoms with Gasteiger partial charge in [-0.05, 0) is 37.4 Å². The topological polar surface area (TPSA) is 34.1 Å². The molecule has 0 bridgehead atoms. The fourth-order valence-electron chi connectivity index (χ4n) is 2.23. The zero-order valence-electron chi connectivity index (χ0n) is 12.0. The van der Waals surface area contributed by atoms with Crippen molar-refractivity contribution in [3.8, 4) is 11.8 Å². The monoisotopic (exact) mass is 296 g/mol. The molecule has 1 unspecified atom stereocenters. The molecule has 0 aliphatic heterocycles. The third-order valence-electron chi connectivity index (χ3n) is 3.20. The van der Waals surface area contributed by atoms with Crippen LogP contribution < -0.4 is 0 Å². The Morgan fingerprint density at radius 2 is 1.67 bits per heavy atom. The van der Waals surface area contributed by atoms with Gasteiger partial charge in [-0.2, -0.15) is 0 Å². The summed E-state index contributed by atoms with van der Waals surface area (Å²) in [5, 5.41) is 1.93. The molecular weight excluding hydrogens is 280 g/mol. The summed E-state index contributed by atoms with van der Waals surface area (Å²) in [7, 11) is 0. The van der Waals surface area contributed by atoms with Gasteiger partial charge in [0, 0.05) is 10.4 Å². The van der Waals surface area contributed by atoms with Crippen LogP contribution in [0.2, 0.25) is 0 Å². The summed E-state index contributed by atoms with van der Waals surface area (Å²) in [6.07, 6.45) is 0. The van der Waals surface area contributed by atoms with Crippen molar-refractivity contribution in [3.05, 3.63) is 58.3 Å². The molecule has 1 aromatic heterocycles. The lowest BCUT2D eigenvalue weighted by atomic mass is 9.85. The molecule has 21 heavy (non-hydrogen) atoms. The molecule has 0 radical (unpaired) electrons. The highest BCUT2D eigenvalue weighted by Crippen LogP contribution is 2.29. The standard InChI is InChI=1S/C18H16O2S/c1-13(19)18(14(2)20)16(17-9-6-12-21-17)11-10-15-7-4-3-5-8-15/h3-9,12,16,18H,1-2H3. The predicted octanol–water partition coefficient (Wildman–Crippen LogP) is 3.68. The minimum atomic E-state index is -0.695. The quantitative estimate of drug-likeness (QED) is 0.637. The molecule has 1 atom stereocenters. The Labute approximate surface area is 128 Å². The van der Waals surface area contributed by atoms with E-state index in [9.17, 15) is 9.59 Å². The van der Waals surface area contributed by atoms with Crippen LogP contribution in [0.5, 0.6) is 0 Å². The smallest absolute Gasteiger partial charge is 0.141 e. The maximum Gasteiger partial charge on any atom is 0.141 e. The van der Waals surface area contributed by atoms with Crippen molar-refractivity contribution >= 4 is 22.9 Å². The molecule has 1 aromatic carbocycles. The SMILES string of the molecule is CC(=O)C(C(C)=O)C(C#Cc1ccccc1)c1cccs1. The molecule has 0 N–H and O–H groups in total. The molecule has 0 amide bonds. The molecule has 2 aromatic rings. The Bertz CT molecular complexity index is 661. The van der Waals surface area contributed by atoms with Crippen molar-refractivity contribution in [2.24, 2.45) is 5.92 Å². The van der Waals surface area contributed by atoms with Gasteiger partial charge in [-0.25, -0.2) is 0 Å². The zero-order chi connectivity index (χ0) is 15.2. The molecule has 0 saturated heterocycles. The summed E-state index contributed by atoms with van der Waals surface area (Å²) in [4.78, 5) is 24.7. The van der Waals surface area contributed by atoms with E-state index in [-0.39, 0.29) is 17.5 Å². The van der Waals surface area contributed by atoms with Crippen molar-refractivity contribution in [2.45, 2.75) is 19.8 Å². The van der Waals surface area contributed by atoms with E-state index in [1.807, 2.05) is 47.8 Å². The third kappa shape index (κ3) is 3.90. The van der Waals surface area contributed by atoms with Crippen molar-refractivity contribution in [1.29, 1.82) is 0 Å². The van der Waals surface area contributed by atoms with Crippen LogP contribution in [0.4, 0.5) is 0 Å². The minimum Gasteiger partial charge on any atom is -0.299 e. The van der Waals surface area contributed by atoms with Crippen LogP contribution >= 0.6 is 11.3 Å². The Hall–Kier alpha value is -2.18. The lowest BCUT2D eigenvalue weighted by Crippen LogP contribution is -2.25. The molecule has 2 rings (SSSR count). The molecule has 0 aliphatic rings. The first-order valence-electron chi connectivity index (χ1n) is 6.70. The molecule has 2 nitrogen and oxygen atoms in total. The van der Waals surface area contributed by atoms with Gasteiger partial charge in [0.2, 0.25) is 0 Å². The fourth-order valence-corrected chi connectivity index (χ4v) is 3.04. The maximum atomic E-state index is 11.8. The van der Waals surface area contributed by atoms with E-state index in [0.717, 1.165) is 10.4 Å². The second kappa shape index (κ2) is 7.01. The lowest BCUT2D eigenvalue weighted by molar-refractivity contribution is -0.130. The van der Waals surface area contributed by atoms with Crippen LogP contribution in [0.1, 0.15) is 30.2 Å². The van der Waals surface area contributed by atoms with Gasteiger partial charge in [0.25, 0.3) is 0 Å². The Morgan fingerprint density at radius 1 is 1.00 bits per heavy atom. The third-order valence-corrected chi connectivity index (χ3v) is 4.16. The first-order chi connectivity index (χ1) is 10.1. The van der Waals surface area contributed by atoms with Crippen LogP contribution in [-0.4, -0.2) is 11.6 Å². The van der Waals surface area contributed by atoms with E-state index in [2.05, 4.69) is 11.8 Å². The second-order valence-corrected chi connectivity index (χ2v) is 5.81. The highest BCUT2D eigenvalue weighted by Gasteiger charge is 2.30. The molecule has 0 aliphatic carbocycles. The Balaban J connectivity index is 2.41. The number of benzene rings is 1. The summed E-state index contributed by atoms with van der Waals surface area (Å²) >= 11 is 1.52. The van der Waals surface area contributed by atoms with Gasteiger partial charge >= 0.3 is 0 Å². The molecule has 0 spiro atoms. The first-order valence-corrected chi connectivity index (χ1v) is 7.58. The van der Waals surface area contributed by atoms with Crippen molar-refractivity contribution in [3.63, 3.8) is 0 Å². The average molecular weight is 296 g/mol. The number of hydrogen-bond acceptors (Lipinski definition) is 3. The minimum absolute atomic E-state index is 0.136. The molecule has 3 heteroatoms. The van der Waals surface area contributed by atoms with Crippen molar-refractivity contribution < 1.29 is 9.59 Å². The molecule has 0 saturated carbocycles. The van der Waals surface area contributed by atoms with Gasteiger partial charge in [0.05, 0.1) is 11.8 Å². The van der Waals surface area contributed by atoms with Crippen molar-refractivity contribution in [2.75, 3.05) is 0 Å². The largest absolute Gasteiger partial charge is 0.299 e. The number of Topliss-reactive ketones (excluding diaryl/α,β-unsaturated/α-hetero) is 2. The summed E-state index contributed by atoms with van der Waals surface area (Å²) in [5.41, 5.74) is 0.880. The number of hydrogen-bond donors (Lipinski definition) is 0. The number of ketones is 2. The normalized spacial score (nSPS) is 11.6. The Kier molecular flexibility index (Phi) is 5.08. The van der Waals surface area contributed by atoms with Gasteiger partial charge in [0.1, 0.15) is 11.6 Å². The highest BCUT2D eigenvalue weighted by atomic mass is 32.1. The zero-order valence-corrected chi connectivity index (χ0v) is 12.8. The van der Waals surface area contributed by atoms with E-state index in [1.165, 1.54) is 25.2 Å². The van der Waals surface area contributed by atoms with Crippen LogP contribution in [-0.2, 0) is 9.59 Å². The summed E-state index contributed by atoms with van der Waals surface area (Å²) in [6, 6.07) is 13.4. The number of carbonyl (C=O) groups is 2. The maximum absolute atomic E-state index is 11.8. The molecular formula is C18H16O2S. The van der Waals surface area contributed by atoms with E-state index in [0.29, 0.717) is 0 Å². The predicted molar refractivity (Wildman–Crippen MR) is 85.2 cm³/mol. The van der Waals surface area contributed by atoms with Crippen LogP contribution in [0.15, 0.2) is 47.8 Å². The molecule has 0 fully saturated rings. The van der Waals surface area contributed by atoms with Gasteiger partial charge in [-0.3, -0.25) is 9.59 Å². The summed E-state index contributed by atoms with van der Waals surface area (Å²) < 4.78 is 0.